The molecule has 0 unspecified atom stereocenters. The van der Waals surface area contributed by atoms with Gasteiger partial charge in [-0.1, -0.05) is 0 Å². The summed E-state index contributed by atoms with van der Waals surface area (Å²) in [7, 11) is 0.849. The summed E-state index contributed by atoms with van der Waals surface area (Å²) in [6, 6.07) is -0.244. The molecule has 0 aromatic carbocycles. The average molecular weight is 211 g/mol. The van der Waals surface area contributed by atoms with Gasteiger partial charge in [0.1, 0.15) is 6.04 Å². The van der Waals surface area contributed by atoms with Crippen LogP contribution in [0.15, 0.2) is 0 Å². The number of carbonyl (C=O) groups excluding carboxylic acids is 1. The second kappa shape index (κ2) is 3.79. The van der Waals surface area contributed by atoms with Crippen LogP contribution in [-0.4, -0.2) is 42.6 Å². The molecule has 1 N–H and O–H groups in total. The Kier molecular flexibility index (Phi) is 2.77. The minimum absolute atomic E-state index is 0.207. The van der Waals surface area contributed by atoms with Crippen molar-refractivity contribution in [2.75, 3.05) is 13.7 Å². The number of rotatable bonds is 2. The van der Waals surface area contributed by atoms with Crippen molar-refractivity contribution < 1.29 is 14.6 Å². The fourth-order valence-electron chi connectivity index (χ4n) is 2.58. The van der Waals surface area contributed by atoms with Gasteiger partial charge in [0, 0.05) is 0 Å². The lowest BCUT2D eigenvalue weighted by Crippen LogP contribution is -2.54. The summed E-state index contributed by atoms with van der Waals surface area (Å²) in [6.07, 6.45) is 4.41. The molecule has 15 heavy (non-hydrogen) atoms. The van der Waals surface area contributed by atoms with Crippen LogP contribution >= 0.6 is 0 Å². The molecule has 5 heteroatoms. The Balaban J connectivity index is 2.08. The van der Waals surface area contributed by atoms with Crippen molar-refractivity contribution in [2.45, 2.75) is 38.5 Å². The normalized spacial score (nSPS) is 28.9. The molecule has 1 aliphatic heterocycles. The predicted octanol–water partition coefficient (Wildman–Crippen LogP) is 0.514. The Morgan fingerprint density at radius 2 is 2.20 bits per heavy atom. The molecule has 2 aliphatic rings. The molecule has 0 bridgehead atoms. The van der Waals surface area contributed by atoms with Crippen LogP contribution in [0.4, 0.5) is 0 Å². The van der Waals surface area contributed by atoms with Crippen molar-refractivity contribution in [1.29, 1.82) is 0 Å². The minimum Gasteiger partial charge on any atom is -0.468 e. The molecule has 1 spiro atoms. The number of methoxy groups -OCH3 is 1. The van der Waals surface area contributed by atoms with Crippen LogP contribution in [-0.2, 0) is 9.53 Å². The van der Waals surface area contributed by atoms with E-state index in [0.29, 0.717) is 5.41 Å². The van der Waals surface area contributed by atoms with Gasteiger partial charge in [-0.3, -0.25) is 4.79 Å². The molecule has 1 saturated heterocycles. The van der Waals surface area contributed by atoms with Gasteiger partial charge in [0.2, 0.25) is 0 Å². The third-order valence-corrected chi connectivity index (χ3v) is 3.84. The van der Waals surface area contributed by atoms with E-state index in [2.05, 4.69) is 0 Å². The first kappa shape index (κ1) is 11.0. The van der Waals surface area contributed by atoms with E-state index >= 15 is 0 Å². The highest BCUT2D eigenvalue weighted by Gasteiger charge is 2.51. The third kappa shape index (κ3) is 2.03. The lowest BCUT2D eigenvalue weighted by atomic mass is 9.76. The molecule has 0 aromatic rings. The smallest absolute Gasteiger partial charge is 0.377 e. The fourth-order valence-corrected chi connectivity index (χ4v) is 2.58. The topological polar surface area (TPSA) is 49.8 Å². The number of ether oxygens (including phenoxy) is 1. The number of hydrogen-bond donors (Lipinski definition) is 1. The maximum Gasteiger partial charge on any atom is 0.377 e. The molecule has 0 radical (unpaired) electrons. The Morgan fingerprint density at radius 3 is 2.67 bits per heavy atom. The van der Waals surface area contributed by atoms with E-state index in [-0.39, 0.29) is 12.0 Å². The van der Waals surface area contributed by atoms with Crippen LogP contribution in [0.1, 0.15) is 25.7 Å². The first-order valence-electron chi connectivity index (χ1n) is 5.60. The molecule has 0 amide bonds. The summed E-state index contributed by atoms with van der Waals surface area (Å²) in [5, 5.41) is 9.60. The first-order chi connectivity index (χ1) is 7.08. The summed E-state index contributed by atoms with van der Waals surface area (Å²) >= 11 is 0. The molecule has 4 nitrogen and oxygen atoms in total. The van der Waals surface area contributed by atoms with Gasteiger partial charge in [0.15, 0.2) is 0 Å². The van der Waals surface area contributed by atoms with Gasteiger partial charge < -0.3 is 14.6 Å². The van der Waals surface area contributed by atoms with Crippen LogP contribution in [0.3, 0.4) is 0 Å². The van der Waals surface area contributed by atoms with E-state index in [1.165, 1.54) is 20.0 Å². The van der Waals surface area contributed by atoms with Crippen molar-refractivity contribution in [3.63, 3.8) is 0 Å². The van der Waals surface area contributed by atoms with Crippen molar-refractivity contribution in [3.8, 4) is 0 Å². The summed E-state index contributed by atoms with van der Waals surface area (Å²) in [5.74, 6) is -0.207. The standard InChI is InChI=1S/C10H18BNO3/c1-11(14)12-6-5-10(3-4-10)7-8(12)9(13)15-2/h8,14H,3-7H2,1-2H3/t8-/m1/s1. The summed E-state index contributed by atoms with van der Waals surface area (Å²) in [6.45, 7) is 2.51. The molecule has 1 saturated carbocycles. The molecule has 84 valence electrons. The van der Waals surface area contributed by atoms with E-state index < -0.39 is 7.05 Å². The van der Waals surface area contributed by atoms with Crippen molar-refractivity contribution >= 4 is 13.0 Å². The number of esters is 1. The van der Waals surface area contributed by atoms with Crippen LogP contribution in [0.25, 0.3) is 0 Å². The summed E-state index contributed by atoms with van der Waals surface area (Å²) in [4.78, 5) is 13.5. The number of carbonyl (C=O) groups is 1. The average Bonchev–Trinajstić information content (AvgIpc) is 2.96. The van der Waals surface area contributed by atoms with Crippen LogP contribution in [0, 0.1) is 5.41 Å². The van der Waals surface area contributed by atoms with Gasteiger partial charge in [-0.2, -0.15) is 0 Å². The Morgan fingerprint density at radius 1 is 1.53 bits per heavy atom. The Labute approximate surface area is 90.7 Å². The zero-order valence-corrected chi connectivity index (χ0v) is 9.40. The van der Waals surface area contributed by atoms with Gasteiger partial charge in [-0.05, 0) is 44.5 Å². The zero-order valence-electron chi connectivity index (χ0n) is 9.40. The Hall–Kier alpha value is -0.545. The van der Waals surface area contributed by atoms with E-state index in [1.54, 1.807) is 6.82 Å². The largest absolute Gasteiger partial charge is 0.468 e. The molecule has 1 atom stereocenters. The highest BCUT2D eigenvalue weighted by molar-refractivity contribution is 6.45. The quantitative estimate of drug-likeness (QED) is 0.534. The van der Waals surface area contributed by atoms with Gasteiger partial charge in [-0.25, -0.2) is 0 Å². The lowest BCUT2D eigenvalue weighted by molar-refractivity contribution is -0.147. The van der Waals surface area contributed by atoms with E-state index in [0.717, 1.165) is 19.4 Å². The molecule has 0 aromatic heterocycles. The highest BCUT2D eigenvalue weighted by Crippen LogP contribution is 2.55. The fraction of sp³-hybridized carbons (Fsp3) is 0.900. The van der Waals surface area contributed by atoms with Gasteiger partial charge in [-0.15, -0.1) is 0 Å². The van der Waals surface area contributed by atoms with Crippen molar-refractivity contribution in [1.82, 2.24) is 4.81 Å². The second-order valence-electron chi connectivity index (χ2n) is 4.86. The van der Waals surface area contributed by atoms with Crippen LogP contribution in [0.5, 0.6) is 0 Å². The predicted molar refractivity (Wildman–Crippen MR) is 57.2 cm³/mol. The van der Waals surface area contributed by atoms with E-state index in [4.69, 9.17) is 4.74 Å². The SMILES string of the molecule is COC(=O)[C@H]1CC2(CCN1B(C)O)CC2. The lowest BCUT2D eigenvalue weighted by Gasteiger charge is -2.38. The maximum atomic E-state index is 11.6. The van der Waals surface area contributed by atoms with Crippen molar-refractivity contribution in [2.24, 2.45) is 5.41 Å². The van der Waals surface area contributed by atoms with Crippen LogP contribution < -0.4 is 0 Å². The Bertz CT molecular complexity index is 265. The first-order valence-corrected chi connectivity index (χ1v) is 5.60. The van der Waals surface area contributed by atoms with Crippen molar-refractivity contribution in [3.05, 3.63) is 0 Å². The third-order valence-electron chi connectivity index (χ3n) is 3.84. The number of nitrogens with zero attached hydrogens (tertiary/aromatic N) is 1. The van der Waals surface area contributed by atoms with Gasteiger partial charge in [0.25, 0.3) is 0 Å². The molecule has 1 aliphatic carbocycles. The minimum atomic E-state index is -0.565. The monoisotopic (exact) mass is 211 g/mol. The molecular weight excluding hydrogens is 193 g/mol. The second-order valence-corrected chi connectivity index (χ2v) is 4.86. The highest BCUT2D eigenvalue weighted by atomic mass is 16.5. The summed E-state index contributed by atoms with van der Waals surface area (Å²) in [5.41, 5.74) is 0.393. The van der Waals surface area contributed by atoms with Gasteiger partial charge >= 0.3 is 13.0 Å². The maximum absolute atomic E-state index is 11.6. The number of piperidine rings is 1. The van der Waals surface area contributed by atoms with E-state index in [1.807, 2.05) is 4.81 Å². The van der Waals surface area contributed by atoms with Crippen LogP contribution in [0.2, 0.25) is 6.82 Å². The molecule has 1 heterocycles. The molecule has 2 fully saturated rings. The molecule has 2 rings (SSSR count). The summed E-state index contributed by atoms with van der Waals surface area (Å²) < 4.78 is 4.80. The van der Waals surface area contributed by atoms with Gasteiger partial charge in [0.05, 0.1) is 7.11 Å². The zero-order chi connectivity index (χ0) is 11.1. The molecular formula is C10H18BNO3. The van der Waals surface area contributed by atoms with E-state index in [9.17, 15) is 9.82 Å². The number of hydrogen-bond acceptors (Lipinski definition) is 4.